The Bertz CT molecular complexity index is 306. The number of hydrogen-bond donors (Lipinski definition) is 2. The predicted molar refractivity (Wildman–Crippen MR) is 57.6 cm³/mol. The lowest BCUT2D eigenvalue weighted by Crippen LogP contribution is -2.47. The van der Waals surface area contributed by atoms with Crippen LogP contribution in [-0.2, 0) is 4.79 Å². The van der Waals surface area contributed by atoms with Gasteiger partial charge in [-0.3, -0.25) is 10.1 Å². The molecule has 0 amide bonds. The fourth-order valence-corrected chi connectivity index (χ4v) is 1.96. The third-order valence-corrected chi connectivity index (χ3v) is 2.86. The van der Waals surface area contributed by atoms with E-state index in [-0.39, 0.29) is 6.04 Å². The van der Waals surface area contributed by atoms with Gasteiger partial charge in [-0.1, -0.05) is 0 Å². The summed E-state index contributed by atoms with van der Waals surface area (Å²) in [6.45, 7) is 5.29. The summed E-state index contributed by atoms with van der Waals surface area (Å²) in [5.41, 5.74) is 0.241. The molecule has 1 rings (SSSR count). The summed E-state index contributed by atoms with van der Waals surface area (Å²) >= 11 is 1.61. The van der Waals surface area contributed by atoms with Gasteiger partial charge in [0.15, 0.2) is 0 Å². The third kappa shape index (κ3) is 2.56. The van der Waals surface area contributed by atoms with E-state index in [1.807, 2.05) is 23.8 Å². The highest BCUT2D eigenvalue weighted by atomic mass is 32.1. The molecule has 0 aromatic carbocycles. The van der Waals surface area contributed by atoms with Gasteiger partial charge in [0, 0.05) is 6.04 Å². The smallest absolute Gasteiger partial charge is 0.323 e. The monoisotopic (exact) mass is 213 g/mol. The average molecular weight is 213 g/mol. The summed E-state index contributed by atoms with van der Waals surface area (Å²) in [5, 5.41) is 16.0. The summed E-state index contributed by atoms with van der Waals surface area (Å²) in [6.07, 6.45) is 0. The third-order valence-electron chi connectivity index (χ3n) is 2.16. The summed E-state index contributed by atoms with van der Waals surface area (Å²) in [7, 11) is 0. The van der Waals surface area contributed by atoms with Crippen LogP contribution in [0.15, 0.2) is 16.8 Å². The summed E-state index contributed by atoms with van der Waals surface area (Å²) in [6, 6.07) is 2.06. The van der Waals surface area contributed by atoms with Crippen LogP contribution >= 0.6 is 11.3 Å². The van der Waals surface area contributed by atoms with Gasteiger partial charge in [0.2, 0.25) is 0 Å². The van der Waals surface area contributed by atoms with Gasteiger partial charge < -0.3 is 5.11 Å². The fourth-order valence-electron chi connectivity index (χ4n) is 1.21. The van der Waals surface area contributed by atoms with Gasteiger partial charge in [0.1, 0.15) is 5.54 Å². The van der Waals surface area contributed by atoms with E-state index in [9.17, 15) is 4.79 Å². The van der Waals surface area contributed by atoms with Gasteiger partial charge in [-0.15, -0.1) is 0 Å². The van der Waals surface area contributed by atoms with Gasteiger partial charge >= 0.3 is 5.97 Å². The average Bonchev–Trinajstić information content (AvgIpc) is 2.54. The summed E-state index contributed by atoms with van der Waals surface area (Å²) in [5.74, 6) is -0.834. The Morgan fingerprint density at radius 3 is 2.71 bits per heavy atom. The van der Waals surface area contributed by atoms with Crippen LogP contribution < -0.4 is 5.32 Å². The molecular formula is C10H15NO2S. The van der Waals surface area contributed by atoms with Crippen molar-refractivity contribution in [3.8, 4) is 0 Å². The zero-order valence-electron chi connectivity index (χ0n) is 8.57. The molecule has 0 fully saturated rings. The minimum atomic E-state index is -0.888. The predicted octanol–water partition coefficient (Wildman–Crippen LogP) is 2.26. The van der Waals surface area contributed by atoms with Crippen LogP contribution in [0.2, 0.25) is 0 Å². The van der Waals surface area contributed by atoms with Crippen molar-refractivity contribution in [2.24, 2.45) is 0 Å². The molecule has 4 heteroatoms. The SMILES string of the molecule is CC(NC(C)(C)C(=O)O)c1ccsc1. The number of nitrogens with one attached hydrogen (secondary N) is 1. The maximum Gasteiger partial charge on any atom is 0.323 e. The number of hydrogen-bond acceptors (Lipinski definition) is 3. The topological polar surface area (TPSA) is 49.3 Å². The Morgan fingerprint density at radius 1 is 1.64 bits per heavy atom. The van der Waals surface area contributed by atoms with E-state index in [4.69, 9.17) is 5.11 Å². The molecule has 0 aliphatic heterocycles. The van der Waals surface area contributed by atoms with Crippen LogP contribution in [0.25, 0.3) is 0 Å². The van der Waals surface area contributed by atoms with E-state index in [2.05, 4.69) is 5.32 Å². The first-order chi connectivity index (χ1) is 6.43. The van der Waals surface area contributed by atoms with Gasteiger partial charge in [-0.25, -0.2) is 0 Å². The maximum absolute atomic E-state index is 10.9. The summed E-state index contributed by atoms with van der Waals surface area (Å²) in [4.78, 5) is 10.9. The Labute approximate surface area is 87.8 Å². The van der Waals surface area contributed by atoms with Crippen LogP contribution in [0.1, 0.15) is 32.4 Å². The van der Waals surface area contributed by atoms with Crippen molar-refractivity contribution >= 4 is 17.3 Å². The quantitative estimate of drug-likeness (QED) is 0.806. The van der Waals surface area contributed by atoms with E-state index in [0.29, 0.717) is 0 Å². The lowest BCUT2D eigenvalue weighted by Gasteiger charge is -2.25. The molecule has 0 aliphatic carbocycles. The molecule has 1 unspecified atom stereocenters. The standard InChI is InChI=1S/C10H15NO2S/c1-7(8-4-5-14-6-8)11-10(2,3)9(12)13/h4-7,11H,1-3H3,(H,12,13). The molecule has 0 radical (unpaired) electrons. The van der Waals surface area contributed by atoms with Crippen molar-refractivity contribution < 1.29 is 9.90 Å². The number of thiophene rings is 1. The second-order valence-corrected chi connectivity index (χ2v) is 4.63. The molecule has 1 aromatic rings. The molecule has 0 saturated heterocycles. The molecule has 1 aromatic heterocycles. The fraction of sp³-hybridized carbons (Fsp3) is 0.500. The molecule has 0 aliphatic rings. The van der Waals surface area contributed by atoms with Crippen LogP contribution in [0.5, 0.6) is 0 Å². The first kappa shape index (κ1) is 11.2. The lowest BCUT2D eigenvalue weighted by atomic mass is 10.0. The van der Waals surface area contributed by atoms with Gasteiger partial charge in [0.25, 0.3) is 0 Å². The minimum absolute atomic E-state index is 0.0624. The van der Waals surface area contributed by atoms with Crippen LogP contribution in [0.3, 0.4) is 0 Å². The second-order valence-electron chi connectivity index (χ2n) is 3.85. The second kappa shape index (κ2) is 4.11. The number of aliphatic carboxylic acids is 1. The van der Waals surface area contributed by atoms with E-state index in [1.165, 1.54) is 0 Å². The largest absolute Gasteiger partial charge is 0.480 e. The van der Waals surface area contributed by atoms with Gasteiger partial charge in [-0.05, 0) is 43.2 Å². The minimum Gasteiger partial charge on any atom is -0.480 e. The van der Waals surface area contributed by atoms with E-state index in [0.717, 1.165) is 5.56 Å². The highest BCUT2D eigenvalue weighted by molar-refractivity contribution is 7.07. The van der Waals surface area contributed by atoms with Crippen LogP contribution in [-0.4, -0.2) is 16.6 Å². The van der Waals surface area contributed by atoms with E-state index >= 15 is 0 Å². The van der Waals surface area contributed by atoms with Crippen LogP contribution in [0, 0.1) is 0 Å². The molecule has 0 bridgehead atoms. The molecule has 0 spiro atoms. The Morgan fingerprint density at radius 2 is 2.29 bits per heavy atom. The van der Waals surface area contributed by atoms with Crippen LogP contribution in [0.4, 0.5) is 0 Å². The van der Waals surface area contributed by atoms with Crippen molar-refractivity contribution in [3.05, 3.63) is 22.4 Å². The number of carboxylic acids is 1. The Balaban J connectivity index is 2.66. The van der Waals surface area contributed by atoms with Gasteiger partial charge in [-0.2, -0.15) is 11.3 Å². The highest BCUT2D eigenvalue weighted by Crippen LogP contribution is 2.18. The molecular weight excluding hydrogens is 198 g/mol. The van der Waals surface area contributed by atoms with Crippen molar-refractivity contribution in [3.63, 3.8) is 0 Å². The summed E-state index contributed by atoms with van der Waals surface area (Å²) < 4.78 is 0. The zero-order valence-corrected chi connectivity index (χ0v) is 9.39. The first-order valence-corrected chi connectivity index (χ1v) is 5.41. The van der Waals surface area contributed by atoms with Crippen molar-refractivity contribution in [1.29, 1.82) is 0 Å². The first-order valence-electron chi connectivity index (χ1n) is 4.46. The molecule has 78 valence electrons. The lowest BCUT2D eigenvalue weighted by molar-refractivity contribution is -0.143. The number of rotatable bonds is 4. The molecule has 1 atom stereocenters. The molecule has 14 heavy (non-hydrogen) atoms. The van der Waals surface area contributed by atoms with E-state index < -0.39 is 11.5 Å². The normalized spacial score (nSPS) is 13.9. The maximum atomic E-state index is 10.9. The molecule has 3 nitrogen and oxygen atoms in total. The molecule has 1 heterocycles. The number of carbonyl (C=O) groups is 1. The number of carboxylic acid groups (broad SMARTS) is 1. The van der Waals surface area contributed by atoms with Gasteiger partial charge in [0.05, 0.1) is 0 Å². The highest BCUT2D eigenvalue weighted by Gasteiger charge is 2.28. The van der Waals surface area contributed by atoms with Crippen molar-refractivity contribution in [1.82, 2.24) is 5.32 Å². The zero-order chi connectivity index (χ0) is 10.8. The molecule has 2 N–H and O–H groups in total. The Kier molecular flexibility index (Phi) is 3.29. The molecule has 0 saturated carbocycles. The van der Waals surface area contributed by atoms with Crippen molar-refractivity contribution in [2.75, 3.05) is 0 Å². The van der Waals surface area contributed by atoms with Crippen molar-refractivity contribution in [2.45, 2.75) is 32.4 Å². The van der Waals surface area contributed by atoms with E-state index in [1.54, 1.807) is 25.2 Å². The Hall–Kier alpha value is -0.870.